The summed E-state index contributed by atoms with van der Waals surface area (Å²) in [5, 5.41) is 0.341. The number of rotatable bonds is 3. The third-order valence-electron chi connectivity index (χ3n) is 0.993. The van der Waals surface area contributed by atoms with Crippen LogP contribution in [0.2, 0.25) is 0 Å². The molecule has 1 nitrogen and oxygen atoms in total. The van der Waals surface area contributed by atoms with E-state index in [1.165, 1.54) is 0 Å². The lowest BCUT2D eigenvalue weighted by atomic mass is 10.1. The second-order valence-corrected chi connectivity index (χ2v) is 2.32. The smallest absolute Gasteiger partial charge is 0.128 e. The predicted molar refractivity (Wildman–Crippen MR) is 47.4 cm³/mol. The van der Waals surface area contributed by atoms with E-state index >= 15 is 0 Å². The van der Waals surface area contributed by atoms with Gasteiger partial charge in [0.2, 0.25) is 0 Å². The number of allylic oxidation sites excluding steroid dienone is 3. The molecule has 0 radical (unpaired) electrons. The maximum absolute atomic E-state index is 5.53. The van der Waals surface area contributed by atoms with Crippen LogP contribution in [-0.4, -0.2) is 6.72 Å². The summed E-state index contributed by atoms with van der Waals surface area (Å²) >= 11 is 5.53. The van der Waals surface area contributed by atoms with E-state index in [4.69, 9.17) is 11.6 Å². The molecule has 0 atom stereocenters. The Hall–Kier alpha value is -0.820. The first-order valence-corrected chi connectivity index (χ1v) is 3.14. The molecule has 0 aliphatic carbocycles. The lowest BCUT2D eigenvalue weighted by Gasteiger charge is -1.95. The number of hydrogen-bond acceptors (Lipinski definition) is 1. The average molecular weight is 156 g/mol. The minimum atomic E-state index is 0.341. The Morgan fingerprint density at radius 2 is 2.00 bits per heavy atom. The highest BCUT2D eigenvalue weighted by Gasteiger charge is 1.90. The number of hydrogen-bond donors (Lipinski definition) is 0. The normalized spacial score (nSPS) is 10.8. The molecule has 0 rings (SSSR count). The van der Waals surface area contributed by atoms with Crippen LogP contribution in [-0.2, 0) is 0 Å². The Balaban J connectivity index is 4.27. The first-order chi connectivity index (χ1) is 4.57. The summed E-state index contributed by atoms with van der Waals surface area (Å²) in [6.07, 6.45) is 1.62. The van der Waals surface area contributed by atoms with Gasteiger partial charge in [-0.05, 0) is 25.3 Å². The van der Waals surface area contributed by atoms with E-state index in [1.54, 1.807) is 6.08 Å². The second kappa shape index (κ2) is 4.07. The van der Waals surface area contributed by atoms with Crippen LogP contribution >= 0.6 is 11.6 Å². The fourth-order valence-corrected chi connectivity index (χ4v) is 0.444. The topological polar surface area (TPSA) is 12.4 Å². The molecule has 0 aliphatic heterocycles. The molecule has 0 spiro atoms. The number of halogens is 1. The Kier molecular flexibility index (Phi) is 3.74. The van der Waals surface area contributed by atoms with E-state index in [1.807, 2.05) is 6.92 Å². The molecule has 10 heavy (non-hydrogen) atoms. The van der Waals surface area contributed by atoms with Crippen molar-refractivity contribution < 1.29 is 0 Å². The van der Waals surface area contributed by atoms with Gasteiger partial charge in [0.05, 0.1) is 0 Å². The Labute approximate surface area is 66.4 Å². The van der Waals surface area contributed by atoms with Crippen LogP contribution in [0.4, 0.5) is 0 Å². The van der Waals surface area contributed by atoms with Crippen molar-refractivity contribution in [3.8, 4) is 0 Å². The molecule has 0 saturated carbocycles. The highest BCUT2D eigenvalue weighted by atomic mass is 35.5. The largest absolute Gasteiger partial charge is 0.252 e. The molecule has 0 unspecified atom stereocenters. The lowest BCUT2D eigenvalue weighted by molar-refractivity contribution is 1.43. The molecule has 0 saturated heterocycles. The molecule has 0 fully saturated rings. The maximum Gasteiger partial charge on any atom is 0.128 e. The zero-order valence-electron chi connectivity index (χ0n) is 6.02. The van der Waals surface area contributed by atoms with Crippen molar-refractivity contribution in [2.45, 2.75) is 6.92 Å². The summed E-state index contributed by atoms with van der Waals surface area (Å²) in [5.74, 6) is 0. The van der Waals surface area contributed by atoms with Crippen molar-refractivity contribution >= 4 is 18.3 Å². The van der Waals surface area contributed by atoms with Crippen LogP contribution in [0.5, 0.6) is 0 Å². The first-order valence-electron chi connectivity index (χ1n) is 2.76. The van der Waals surface area contributed by atoms with Crippen molar-refractivity contribution in [2.75, 3.05) is 0 Å². The van der Waals surface area contributed by atoms with E-state index in [0.717, 1.165) is 11.1 Å². The summed E-state index contributed by atoms with van der Waals surface area (Å²) in [7, 11) is 0. The van der Waals surface area contributed by atoms with Gasteiger partial charge in [-0.25, -0.2) is 0 Å². The summed E-state index contributed by atoms with van der Waals surface area (Å²) in [5.41, 5.74) is 1.65. The highest BCUT2D eigenvalue weighted by Crippen LogP contribution is 2.11. The summed E-state index contributed by atoms with van der Waals surface area (Å²) in [6, 6.07) is 0. The van der Waals surface area contributed by atoms with Crippen molar-refractivity contribution in [3.05, 3.63) is 35.5 Å². The minimum absolute atomic E-state index is 0.341. The van der Waals surface area contributed by atoms with Crippen molar-refractivity contribution in [3.63, 3.8) is 0 Å². The molecule has 0 bridgehead atoms. The van der Waals surface area contributed by atoms with E-state index in [0.29, 0.717) is 5.16 Å². The molecule has 54 valence electrons. The van der Waals surface area contributed by atoms with Gasteiger partial charge < -0.3 is 0 Å². The number of nitrogens with zero attached hydrogens (tertiary/aromatic N) is 1. The van der Waals surface area contributed by atoms with Gasteiger partial charge in [-0.3, -0.25) is 4.99 Å². The summed E-state index contributed by atoms with van der Waals surface area (Å²) in [6.45, 7) is 12.5. The Morgan fingerprint density at radius 3 is 2.30 bits per heavy atom. The SMILES string of the molecule is C=N/C(Cl)=C\C(=C)C(=C)C. The maximum atomic E-state index is 5.53. The molecule has 0 N–H and O–H groups in total. The van der Waals surface area contributed by atoms with Crippen LogP contribution in [0, 0.1) is 0 Å². The standard InChI is InChI=1S/C8H10ClN/c1-6(2)7(3)5-8(9)10-4/h5H,1,3-4H2,2H3/b8-5-. The van der Waals surface area contributed by atoms with Crippen LogP contribution in [0.25, 0.3) is 0 Å². The van der Waals surface area contributed by atoms with Gasteiger partial charge >= 0.3 is 0 Å². The van der Waals surface area contributed by atoms with Gasteiger partial charge in [0, 0.05) is 0 Å². The molecular weight excluding hydrogens is 146 g/mol. The fourth-order valence-electron chi connectivity index (χ4n) is 0.313. The van der Waals surface area contributed by atoms with Crippen molar-refractivity contribution in [1.29, 1.82) is 0 Å². The zero-order valence-corrected chi connectivity index (χ0v) is 6.78. The zero-order chi connectivity index (χ0) is 8.15. The van der Waals surface area contributed by atoms with Crippen LogP contribution < -0.4 is 0 Å². The van der Waals surface area contributed by atoms with Crippen molar-refractivity contribution in [1.82, 2.24) is 0 Å². The number of aliphatic imine (C=N–C) groups is 1. The third kappa shape index (κ3) is 3.25. The van der Waals surface area contributed by atoms with E-state index in [2.05, 4.69) is 24.9 Å². The average Bonchev–Trinajstić information content (AvgIpc) is 1.87. The van der Waals surface area contributed by atoms with Crippen LogP contribution in [0.3, 0.4) is 0 Å². The second-order valence-electron chi connectivity index (χ2n) is 1.93. The molecule has 0 aliphatic rings. The van der Waals surface area contributed by atoms with Gasteiger partial charge in [-0.2, -0.15) is 0 Å². The molecule has 0 aromatic carbocycles. The van der Waals surface area contributed by atoms with Crippen LogP contribution in [0.15, 0.2) is 40.5 Å². The molecule has 0 amide bonds. The van der Waals surface area contributed by atoms with Crippen molar-refractivity contribution in [2.24, 2.45) is 4.99 Å². The van der Waals surface area contributed by atoms with Gasteiger partial charge in [0.25, 0.3) is 0 Å². The Bertz CT molecular complexity index is 201. The van der Waals surface area contributed by atoms with Gasteiger partial charge in [-0.15, -0.1) is 0 Å². The quantitative estimate of drug-likeness (QED) is 0.338. The predicted octanol–water partition coefficient (Wildman–Crippen LogP) is 2.90. The van der Waals surface area contributed by atoms with Gasteiger partial charge in [0.15, 0.2) is 0 Å². The molecular formula is C8H10ClN. The van der Waals surface area contributed by atoms with E-state index in [9.17, 15) is 0 Å². The molecule has 2 heteroatoms. The molecule has 0 heterocycles. The Morgan fingerprint density at radius 1 is 1.50 bits per heavy atom. The van der Waals surface area contributed by atoms with Gasteiger partial charge in [-0.1, -0.05) is 30.3 Å². The lowest BCUT2D eigenvalue weighted by Crippen LogP contribution is -1.75. The summed E-state index contributed by atoms with van der Waals surface area (Å²) in [4.78, 5) is 3.49. The molecule has 0 aromatic heterocycles. The van der Waals surface area contributed by atoms with Crippen LogP contribution in [0.1, 0.15) is 6.92 Å². The summed E-state index contributed by atoms with van der Waals surface area (Å²) < 4.78 is 0. The third-order valence-corrected chi connectivity index (χ3v) is 1.22. The van der Waals surface area contributed by atoms with E-state index in [-0.39, 0.29) is 0 Å². The first kappa shape index (κ1) is 9.18. The highest BCUT2D eigenvalue weighted by molar-refractivity contribution is 6.29. The fraction of sp³-hybridized carbons (Fsp3) is 0.125. The molecule has 0 aromatic rings. The monoisotopic (exact) mass is 155 g/mol. The van der Waals surface area contributed by atoms with Gasteiger partial charge in [0.1, 0.15) is 5.16 Å². The van der Waals surface area contributed by atoms with E-state index < -0.39 is 0 Å². The minimum Gasteiger partial charge on any atom is -0.252 e.